The highest BCUT2D eigenvalue weighted by Gasteiger charge is 2.25. The number of thioether (sulfide) groups is 1. The molecular formula is C19H21N7O2S2. The van der Waals surface area contributed by atoms with Crippen LogP contribution in [0.2, 0.25) is 0 Å². The van der Waals surface area contributed by atoms with E-state index >= 15 is 0 Å². The third kappa shape index (κ3) is 3.92. The van der Waals surface area contributed by atoms with E-state index in [0.717, 1.165) is 60.7 Å². The van der Waals surface area contributed by atoms with Crippen LogP contribution in [0.4, 0.5) is 16.6 Å². The molecule has 2 aliphatic heterocycles. The summed E-state index contributed by atoms with van der Waals surface area (Å²) in [7, 11) is 0. The van der Waals surface area contributed by atoms with Gasteiger partial charge in [-0.1, -0.05) is 23.1 Å². The fraction of sp³-hybridized carbons (Fsp3) is 0.421. The number of rotatable bonds is 5. The molecule has 0 saturated carbocycles. The summed E-state index contributed by atoms with van der Waals surface area (Å²) in [4.78, 5) is 19.6. The maximum Gasteiger partial charge on any atom is 0.261 e. The third-order valence-corrected chi connectivity index (χ3v) is 7.22. The lowest BCUT2D eigenvalue weighted by atomic mass is 10.1. The highest BCUT2D eigenvalue weighted by atomic mass is 32.2. The molecule has 5 rings (SSSR count). The molecule has 1 atom stereocenters. The molecule has 11 heteroatoms. The fourth-order valence-electron chi connectivity index (χ4n) is 3.63. The first-order valence-electron chi connectivity index (χ1n) is 9.82. The van der Waals surface area contributed by atoms with Gasteiger partial charge < -0.3 is 9.64 Å². The van der Waals surface area contributed by atoms with Crippen molar-refractivity contribution in [3.8, 4) is 0 Å². The maximum absolute atomic E-state index is 13.1. The zero-order valence-electron chi connectivity index (χ0n) is 16.4. The van der Waals surface area contributed by atoms with Gasteiger partial charge in [0.1, 0.15) is 5.82 Å². The Morgan fingerprint density at radius 3 is 3.17 bits per heavy atom. The molecule has 30 heavy (non-hydrogen) atoms. The SMILES string of the molecule is Cc1cc(N2CCCn3nccc32)c(C(=O)Nc2nnc(SC3CCOC3)s2)cn1. The first kappa shape index (κ1) is 19.5. The van der Waals surface area contributed by atoms with Crippen molar-refractivity contribution in [1.29, 1.82) is 0 Å². The molecule has 5 heterocycles. The molecule has 9 nitrogen and oxygen atoms in total. The van der Waals surface area contributed by atoms with E-state index in [0.29, 0.717) is 15.9 Å². The number of nitrogens with one attached hydrogen (secondary N) is 1. The van der Waals surface area contributed by atoms with E-state index in [-0.39, 0.29) is 5.91 Å². The molecule has 0 radical (unpaired) electrons. The summed E-state index contributed by atoms with van der Waals surface area (Å²) in [6.07, 6.45) is 5.38. The topological polar surface area (TPSA) is 98.1 Å². The minimum atomic E-state index is -0.244. The molecule has 3 aromatic rings. The van der Waals surface area contributed by atoms with E-state index in [4.69, 9.17) is 4.74 Å². The molecule has 1 amide bonds. The number of carbonyl (C=O) groups is 1. The molecule has 1 unspecified atom stereocenters. The summed E-state index contributed by atoms with van der Waals surface area (Å²) in [6.45, 7) is 5.14. The molecule has 0 spiro atoms. The Hall–Kier alpha value is -2.50. The summed E-state index contributed by atoms with van der Waals surface area (Å²) in [5, 5.41) is 16.5. The van der Waals surface area contributed by atoms with Crippen LogP contribution in [0, 0.1) is 6.92 Å². The fourth-order valence-corrected chi connectivity index (χ4v) is 5.69. The molecule has 1 fully saturated rings. The maximum atomic E-state index is 13.1. The number of hydrogen-bond acceptors (Lipinski definition) is 9. The van der Waals surface area contributed by atoms with Crippen LogP contribution in [0.3, 0.4) is 0 Å². The van der Waals surface area contributed by atoms with Gasteiger partial charge in [-0.2, -0.15) is 5.10 Å². The van der Waals surface area contributed by atoms with Crippen LogP contribution in [0.15, 0.2) is 28.9 Å². The predicted octanol–water partition coefficient (Wildman–Crippen LogP) is 3.11. The number of aryl methyl sites for hydroxylation is 2. The van der Waals surface area contributed by atoms with Gasteiger partial charge in [0.15, 0.2) is 4.34 Å². The lowest BCUT2D eigenvalue weighted by Crippen LogP contribution is -2.30. The molecule has 2 aliphatic rings. The zero-order valence-corrected chi connectivity index (χ0v) is 18.1. The van der Waals surface area contributed by atoms with Crippen LogP contribution in [0.5, 0.6) is 0 Å². The second kappa shape index (κ2) is 8.32. The van der Waals surface area contributed by atoms with Gasteiger partial charge in [-0.25, -0.2) is 4.68 Å². The Morgan fingerprint density at radius 2 is 2.30 bits per heavy atom. The smallest absolute Gasteiger partial charge is 0.261 e. The first-order chi connectivity index (χ1) is 14.7. The number of nitrogens with zero attached hydrogens (tertiary/aromatic N) is 6. The van der Waals surface area contributed by atoms with Gasteiger partial charge in [0, 0.05) is 42.9 Å². The average molecular weight is 444 g/mol. The van der Waals surface area contributed by atoms with Crippen LogP contribution in [0.1, 0.15) is 28.9 Å². The Labute approximate surface area is 181 Å². The standard InChI is InChI=1S/C19H21N7O2S2/c1-12-9-15(25-6-2-7-26-16(25)3-5-21-26)14(10-20-12)17(27)22-18-23-24-19(30-18)29-13-4-8-28-11-13/h3,5,9-10,13H,2,4,6-8,11H2,1H3,(H,22,23,27). The number of fused-ring (bicyclic) bond motifs is 1. The Morgan fingerprint density at radius 1 is 1.37 bits per heavy atom. The molecule has 0 aliphatic carbocycles. The molecule has 1 saturated heterocycles. The van der Waals surface area contributed by atoms with Gasteiger partial charge in [0.25, 0.3) is 5.91 Å². The van der Waals surface area contributed by atoms with Crippen LogP contribution in [-0.2, 0) is 11.3 Å². The molecule has 156 valence electrons. The average Bonchev–Trinajstić information content (AvgIpc) is 3.50. The minimum Gasteiger partial charge on any atom is -0.380 e. The third-order valence-electron chi connectivity index (χ3n) is 5.06. The van der Waals surface area contributed by atoms with Gasteiger partial charge in [-0.15, -0.1) is 10.2 Å². The van der Waals surface area contributed by atoms with Crippen LogP contribution in [-0.4, -0.2) is 55.9 Å². The van der Waals surface area contributed by atoms with Crippen molar-refractivity contribution in [2.75, 3.05) is 30.0 Å². The van der Waals surface area contributed by atoms with E-state index in [1.807, 2.05) is 23.7 Å². The number of amides is 1. The van der Waals surface area contributed by atoms with Crippen molar-refractivity contribution in [1.82, 2.24) is 25.0 Å². The first-order valence-corrected chi connectivity index (χ1v) is 11.5. The van der Waals surface area contributed by atoms with E-state index in [2.05, 4.69) is 30.5 Å². The van der Waals surface area contributed by atoms with Crippen molar-refractivity contribution in [3.05, 3.63) is 35.8 Å². The zero-order chi connectivity index (χ0) is 20.5. The summed E-state index contributed by atoms with van der Waals surface area (Å²) in [5.41, 5.74) is 2.18. The molecular weight excluding hydrogens is 422 g/mol. The van der Waals surface area contributed by atoms with Crippen molar-refractivity contribution >= 4 is 45.6 Å². The van der Waals surface area contributed by atoms with E-state index in [9.17, 15) is 4.79 Å². The summed E-state index contributed by atoms with van der Waals surface area (Å²) in [5.74, 6) is 0.736. The Kier molecular flexibility index (Phi) is 5.40. The minimum absolute atomic E-state index is 0.244. The normalized spacial score (nSPS) is 18.4. The molecule has 1 N–H and O–H groups in total. The summed E-state index contributed by atoms with van der Waals surface area (Å²) >= 11 is 3.04. The predicted molar refractivity (Wildman–Crippen MR) is 116 cm³/mol. The number of pyridine rings is 1. The number of anilines is 3. The van der Waals surface area contributed by atoms with Gasteiger partial charge in [-0.3, -0.25) is 15.1 Å². The van der Waals surface area contributed by atoms with Crippen LogP contribution < -0.4 is 10.2 Å². The quantitative estimate of drug-likeness (QED) is 0.601. The van der Waals surface area contributed by atoms with Crippen molar-refractivity contribution < 1.29 is 9.53 Å². The van der Waals surface area contributed by atoms with Crippen LogP contribution >= 0.6 is 23.1 Å². The van der Waals surface area contributed by atoms with Gasteiger partial charge in [-0.05, 0) is 25.8 Å². The van der Waals surface area contributed by atoms with E-state index in [1.54, 1.807) is 24.2 Å². The Balaban J connectivity index is 1.37. The Bertz CT molecular complexity index is 1060. The largest absolute Gasteiger partial charge is 0.380 e. The molecule has 3 aromatic heterocycles. The van der Waals surface area contributed by atoms with Crippen molar-refractivity contribution in [2.24, 2.45) is 0 Å². The summed E-state index contributed by atoms with van der Waals surface area (Å²) in [6, 6.07) is 3.91. The number of carbonyl (C=O) groups excluding carboxylic acids is 1. The highest BCUT2D eigenvalue weighted by molar-refractivity contribution is 8.01. The lowest BCUT2D eigenvalue weighted by molar-refractivity contribution is 0.102. The second-order valence-electron chi connectivity index (χ2n) is 7.19. The molecule has 0 bridgehead atoms. The number of aromatic nitrogens is 5. The monoisotopic (exact) mass is 443 g/mol. The van der Waals surface area contributed by atoms with E-state index < -0.39 is 0 Å². The number of hydrogen-bond donors (Lipinski definition) is 1. The molecule has 0 aromatic carbocycles. The van der Waals surface area contributed by atoms with Gasteiger partial charge >= 0.3 is 0 Å². The second-order valence-corrected chi connectivity index (χ2v) is 9.72. The number of ether oxygens (including phenoxy) is 1. The van der Waals surface area contributed by atoms with E-state index in [1.165, 1.54) is 11.3 Å². The highest BCUT2D eigenvalue weighted by Crippen LogP contribution is 2.34. The van der Waals surface area contributed by atoms with Crippen molar-refractivity contribution in [2.45, 2.75) is 35.9 Å². The van der Waals surface area contributed by atoms with Crippen LogP contribution in [0.25, 0.3) is 0 Å². The summed E-state index contributed by atoms with van der Waals surface area (Å²) < 4.78 is 8.20. The van der Waals surface area contributed by atoms with Crippen molar-refractivity contribution in [3.63, 3.8) is 0 Å². The van der Waals surface area contributed by atoms with Gasteiger partial charge in [0.05, 0.1) is 24.1 Å². The lowest BCUT2D eigenvalue weighted by Gasteiger charge is -2.30. The van der Waals surface area contributed by atoms with Gasteiger partial charge in [0.2, 0.25) is 5.13 Å².